The maximum atomic E-state index is 6.05. The van der Waals surface area contributed by atoms with E-state index in [2.05, 4.69) is 6.08 Å². The first-order valence-corrected chi connectivity index (χ1v) is 4.81. The number of allylic oxidation sites excluding steroid dienone is 1. The highest BCUT2D eigenvalue weighted by molar-refractivity contribution is 5.14. The molecule has 1 fully saturated rings. The summed E-state index contributed by atoms with van der Waals surface area (Å²) in [4.78, 5) is 0. The van der Waals surface area contributed by atoms with Crippen LogP contribution in [0.3, 0.4) is 0 Å². The molecule has 2 aliphatic rings. The molecule has 1 saturated carbocycles. The molecule has 2 rings (SSSR count). The lowest BCUT2D eigenvalue weighted by Crippen LogP contribution is -2.22. The van der Waals surface area contributed by atoms with Gasteiger partial charge in [-0.3, -0.25) is 0 Å². The molecule has 0 bridgehead atoms. The predicted octanol–water partition coefficient (Wildman–Crippen LogP) is 2.22. The van der Waals surface area contributed by atoms with E-state index < -0.39 is 0 Å². The van der Waals surface area contributed by atoms with E-state index in [0.717, 1.165) is 5.92 Å². The van der Waals surface area contributed by atoms with Crippen LogP contribution >= 0.6 is 0 Å². The highest BCUT2D eigenvalue weighted by atomic mass is 14.6. The summed E-state index contributed by atoms with van der Waals surface area (Å²) in [5.74, 6) is 0.978. The maximum absolute atomic E-state index is 6.05. The summed E-state index contributed by atoms with van der Waals surface area (Å²) in [7, 11) is 0. The summed E-state index contributed by atoms with van der Waals surface area (Å²) in [6, 6.07) is 0.407. The molecule has 11 heavy (non-hydrogen) atoms. The van der Waals surface area contributed by atoms with Gasteiger partial charge < -0.3 is 5.73 Å². The van der Waals surface area contributed by atoms with Crippen molar-refractivity contribution >= 4 is 0 Å². The monoisotopic (exact) mass is 151 g/mol. The van der Waals surface area contributed by atoms with E-state index in [9.17, 15) is 0 Å². The van der Waals surface area contributed by atoms with Crippen molar-refractivity contribution in [2.75, 3.05) is 0 Å². The van der Waals surface area contributed by atoms with Crippen molar-refractivity contribution in [3.8, 4) is 0 Å². The van der Waals surface area contributed by atoms with Crippen molar-refractivity contribution in [1.29, 1.82) is 0 Å². The Morgan fingerprint density at radius 3 is 2.91 bits per heavy atom. The number of hydrogen-bond acceptors (Lipinski definition) is 1. The van der Waals surface area contributed by atoms with Crippen molar-refractivity contribution in [2.24, 2.45) is 11.7 Å². The number of rotatable bonds is 3. The molecule has 2 aliphatic carbocycles. The third-order valence-corrected chi connectivity index (χ3v) is 2.84. The summed E-state index contributed by atoms with van der Waals surface area (Å²) >= 11 is 0. The van der Waals surface area contributed by atoms with Gasteiger partial charge in [0.1, 0.15) is 0 Å². The molecule has 0 aromatic carbocycles. The predicted molar refractivity (Wildman–Crippen MR) is 47.3 cm³/mol. The van der Waals surface area contributed by atoms with Crippen molar-refractivity contribution in [3.63, 3.8) is 0 Å². The third-order valence-electron chi connectivity index (χ3n) is 2.84. The second-order valence-corrected chi connectivity index (χ2v) is 3.96. The van der Waals surface area contributed by atoms with Crippen LogP contribution in [0.2, 0.25) is 0 Å². The van der Waals surface area contributed by atoms with Crippen LogP contribution in [-0.2, 0) is 0 Å². The summed E-state index contributed by atoms with van der Waals surface area (Å²) in [6.07, 6.45) is 10.4. The lowest BCUT2D eigenvalue weighted by Gasteiger charge is -2.11. The van der Waals surface area contributed by atoms with E-state index in [1.807, 2.05) is 0 Å². The van der Waals surface area contributed by atoms with Crippen molar-refractivity contribution in [2.45, 2.75) is 44.6 Å². The normalized spacial score (nSPS) is 26.8. The fourth-order valence-corrected chi connectivity index (χ4v) is 1.90. The van der Waals surface area contributed by atoms with Gasteiger partial charge >= 0.3 is 0 Å². The molecule has 2 N–H and O–H groups in total. The molecule has 0 aliphatic heterocycles. The van der Waals surface area contributed by atoms with Crippen molar-refractivity contribution < 1.29 is 0 Å². The van der Waals surface area contributed by atoms with Crippen molar-refractivity contribution in [3.05, 3.63) is 11.6 Å². The van der Waals surface area contributed by atoms with Crippen LogP contribution in [0.4, 0.5) is 0 Å². The van der Waals surface area contributed by atoms with Crippen LogP contribution in [0.1, 0.15) is 38.5 Å². The molecule has 0 amide bonds. The van der Waals surface area contributed by atoms with E-state index in [-0.39, 0.29) is 0 Å². The Morgan fingerprint density at radius 2 is 2.36 bits per heavy atom. The van der Waals surface area contributed by atoms with Crippen LogP contribution in [-0.4, -0.2) is 6.04 Å². The summed E-state index contributed by atoms with van der Waals surface area (Å²) in [5.41, 5.74) is 7.59. The summed E-state index contributed by atoms with van der Waals surface area (Å²) < 4.78 is 0. The number of nitrogens with two attached hydrogens (primary N) is 1. The zero-order chi connectivity index (χ0) is 7.68. The first-order valence-electron chi connectivity index (χ1n) is 4.81. The Bertz CT molecular complexity index is 168. The van der Waals surface area contributed by atoms with E-state index in [1.165, 1.54) is 44.1 Å². The van der Waals surface area contributed by atoms with E-state index in [1.54, 1.807) is 0 Å². The molecule has 1 nitrogen and oxygen atoms in total. The van der Waals surface area contributed by atoms with Gasteiger partial charge in [-0.1, -0.05) is 24.5 Å². The average Bonchev–Trinajstić information content (AvgIpc) is 2.67. The molecular formula is C10H17N. The second kappa shape index (κ2) is 2.98. The minimum absolute atomic E-state index is 0.407. The SMILES string of the molecule is NC(CC1CC1)C1=CCCC1. The van der Waals surface area contributed by atoms with Crippen molar-refractivity contribution in [1.82, 2.24) is 0 Å². The lowest BCUT2D eigenvalue weighted by atomic mass is 10.0. The molecule has 62 valence electrons. The molecule has 0 aromatic heterocycles. The van der Waals surface area contributed by atoms with Crippen LogP contribution < -0.4 is 5.73 Å². The van der Waals surface area contributed by atoms with Gasteiger partial charge in [0.2, 0.25) is 0 Å². The van der Waals surface area contributed by atoms with Crippen LogP contribution in [0.15, 0.2) is 11.6 Å². The van der Waals surface area contributed by atoms with E-state index in [4.69, 9.17) is 5.73 Å². The fourth-order valence-electron chi connectivity index (χ4n) is 1.90. The molecule has 0 spiro atoms. The first-order chi connectivity index (χ1) is 5.36. The highest BCUT2D eigenvalue weighted by Crippen LogP contribution is 2.35. The van der Waals surface area contributed by atoms with Gasteiger partial charge in [0.05, 0.1) is 0 Å². The highest BCUT2D eigenvalue weighted by Gasteiger charge is 2.25. The largest absolute Gasteiger partial charge is 0.324 e. The molecule has 0 heterocycles. The van der Waals surface area contributed by atoms with Crippen LogP contribution in [0.5, 0.6) is 0 Å². The zero-order valence-electron chi connectivity index (χ0n) is 7.05. The van der Waals surface area contributed by atoms with Gasteiger partial charge in [-0.05, 0) is 31.6 Å². The topological polar surface area (TPSA) is 26.0 Å². The Balaban J connectivity index is 1.82. The Kier molecular flexibility index (Phi) is 1.99. The Labute approximate surface area is 68.7 Å². The van der Waals surface area contributed by atoms with Gasteiger partial charge in [-0.15, -0.1) is 0 Å². The minimum atomic E-state index is 0.407. The summed E-state index contributed by atoms with van der Waals surface area (Å²) in [5, 5.41) is 0. The molecule has 0 saturated heterocycles. The minimum Gasteiger partial charge on any atom is -0.324 e. The van der Waals surface area contributed by atoms with Gasteiger partial charge in [0.15, 0.2) is 0 Å². The number of hydrogen-bond donors (Lipinski definition) is 1. The molecule has 1 heteroatoms. The molecule has 1 atom stereocenters. The lowest BCUT2D eigenvalue weighted by molar-refractivity contribution is 0.616. The average molecular weight is 151 g/mol. The quantitative estimate of drug-likeness (QED) is 0.615. The van der Waals surface area contributed by atoms with Gasteiger partial charge in [-0.2, -0.15) is 0 Å². The standard InChI is InChI=1S/C10H17N/c11-10(7-8-5-6-8)9-3-1-2-4-9/h3,8,10H,1-2,4-7,11H2. The Morgan fingerprint density at radius 1 is 1.55 bits per heavy atom. The second-order valence-electron chi connectivity index (χ2n) is 3.96. The van der Waals surface area contributed by atoms with Crippen LogP contribution in [0, 0.1) is 5.92 Å². The van der Waals surface area contributed by atoms with E-state index in [0.29, 0.717) is 6.04 Å². The first kappa shape index (κ1) is 7.35. The molecular weight excluding hydrogens is 134 g/mol. The smallest absolute Gasteiger partial charge is 0.0256 e. The summed E-state index contributed by atoms with van der Waals surface area (Å²) in [6.45, 7) is 0. The molecule has 0 radical (unpaired) electrons. The fraction of sp³-hybridized carbons (Fsp3) is 0.800. The van der Waals surface area contributed by atoms with Crippen LogP contribution in [0.25, 0.3) is 0 Å². The zero-order valence-corrected chi connectivity index (χ0v) is 7.05. The molecule has 0 aromatic rings. The van der Waals surface area contributed by atoms with Gasteiger partial charge in [-0.25, -0.2) is 0 Å². The third kappa shape index (κ3) is 1.84. The van der Waals surface area contributed by atoms with E-state index >= 15 is 0 Å². The van der Waals surface area contributed by atoms with Gasteiger partial charge in [0.25, 0.3) is 0 Å². The molecule has 1 unspecified atom stereocenters. The Hall–Kier alpha value is -0.300. The van der Waals surface area contributed by atoms with Gasteiger partial charge in [0, 0.05) is 6.04 Å². The maximum Gasteiger partial charge on any atom is 0.0256 e.